The van der Waals surface area contributed by atoms with Crippen LogP contribution in [0.2, 0.25) is 17.7 Å². The summed E-state index contributed by atoms with van der Waals surface area (Å²) in [5.74, 6) is 0.0650. The van der Waals surface area contributed by atoms with Gasteiger partial charge in [0.25, 0.3) is 0 Å². The summed E-state index contributed by atoms with van der Waals surface area (Å²) in [4.78, 5) is 12.8. The van der Waals surface area contributed by atoms with Gasteiger partial charge in [0.2, 0.25) is 0 Å². The van der Waals surface area contributed by atoms with Gasteiger partial charge in [-0.1, -0.05) is 0 Å². The molecule has 0 aliphatic heterocycles. The summed E-state index contributed by atoms with van der Waals surface area (Å²) in [7, 11) is -3.36. The molecule has 0 fully saturated rings. The zero-order chi connectivity index (χ0) is 21.6. The normalized spacial score (nSPS) is 12.9. The molecular formula is C22H47O4PSn. The second-order valence-corrected chi connectivity index (χ2v) is 25.2. The number of ketones is 1. The first-order valence-corrected chi connectivity index (χ1v) is 21.4. The van der Waals surface area contributed by atoms with Crippen molar-refractivity contribution >= 4 is 31.8 Å². The molecular weight excluding hydrogens is 478 g/mol. The zero-order valence-corrected chi connectivity index (χ0v) is 23.5. The van der Waals surface area contributed by atoms with E-state index in [-0.39, 0.29) is 24.2 Å². The third-order valence-electron chi connectivity index (χ3n) is 5.23. The van der Waals surface area contributed by atoms with Gasteiger partial charge in [0.1, 0.15) is 0 Å². The molecule has 0 atom stereocenters. The molecule has 0 amide bonds. The van der Waals surface area contributed by atoms with Crippen LogP contribution in [0.3, 0.4) is 0 Å². The Bertz CT molecular complexity index is 430. The summed E-state index contributed by atoms with van der Waals surface area (Å²) < 4.78 is 29.5. The molecule has 0 aromatic rings. The van der Waals surface area contributed by atoms with E-state index in [0.717, 1.165) is 4.44 Å². The van der Waals surface area contributed by atoms with Gasteiger partial charge in [-0.3, -0.25) is 0 Å². The Morgan fingerprint density at radius 3 is 1.50 bits per heavy atom. The summed E-state index contributed by atoms with van der Waals surface area (Å²) in [6.45, 7) is 14.1. The molecule has 4 nitrogen and oxygen atoms in total. The van der Waals surface area contributed by atoms with Gasteiger partial charge in [-0.05, 0) is 0 Å². The number of unbranched alkanes of at least 4 members (excludes halogenated alkanes) is 3. The molecule has 0 aliphatic carbocycles. The number of rotatable bonds is 18. The van der Waals surface area contributed by atoms with Crippen molar-refractivity contribution < 1.29 is 18.4 Å². The number of carbonyl (C=O) groups excluding carboxylic acids is 1. The molecule has 0 saturated heterocycles. The second kappa shape index (κ2) is 15.4. The second-order valence-electron chi connectivity index (χ2n) is 8.93. The molecule has 0 radical (unpaired) electrons. The Labute approximate surface area is 179 Å². The zero-order valence-electron chi connectivity index (χ0n) is 19.7. The van der Waals surface area contributed by atoms with Crippen LogP contribution in [0.1, 0.15) is 93.4 Å². The SMILES string of the molecule is CCC[CH2][Sn]([CH2]CCC)([CH2]CCC)[CH2]CC(=O)CP(=O)(OC(C)C)OC(C)C. The van der Waals surface area contributed by atoms with Crippen LogP contribution in [0, 0.1) is 0 Å². The van der Waals surface area contributed by atoms with Crippen molar-refractivity contribution in [2.45, 2.75) is 123 Å². The van der Waals surface area contributed by atoms with Crippen LogP contribution in [0.4, 0.5) is 0 Å². The van der Waals surface area contributed by atoms with Crippen molar-refractivity contribution in [3.63, 3.8) is 0 Å². The number of Topliss-reactive ketones (excluding diaryl/α,β-unsaturated/α-hetero) is 1. The van der Waals surface area contributed by atoms with Gasteiger partial charge in [0, 0.05) is 0 Å². The van der Waals surface area contributed by atoms with E-state index in [0.29, 0.717) is 6.42 Å². The Balaban J connectivity index is 5.11. The standard InChI is InChI=1S/C10H20O4P.3C4H9.Sn/c1-6-10(11)7-15(12,13-8(2)3)14-9(4)5;3*1-3-4-2;/h8-9H,1,6-7H2,2-5H3;3*1,3-4H2,2H3;. The first-order chi connectivity index (χ1) is 13.1. The quantitative estimate of drug-likeness (QED) is 0.135. The molecule has 0 aromatic heterocycles. The van der Waals surface area contributed by atoms with Crippen LogP contribution < -0.4 is 0 Å². The fourth-order valence-corrected chi connectivity index (χ4v) is 22.0. The topological polar surface area (TPSA) is 52.6 Å². The Hall–Kier alpha value is 0.619. The van der Waals surface area contributed by atoms with E-state index in [4.69, 9.17) is 9.05 Å². The minimum absolute atomic E-state index is 0.0650. The molecule has 0 heterocycles. The maximum atomic E-state index is 13.0. The van der Waals surface area contributed by atoms with Gasteiger partial charge < -0.3 is 0 Å². The molecule has 0 aliphatic rings. The molecule has 28 heavy (non-hydrogen) atoms. The van der Waals surface area contributed by atoms with Crippen molar-refractivity contribution in [3.05, 3.63) is 0 Å². The first kappa shape index (κ1) is 28.6. The summed E-state index contributed by atoms with van der Waals surface area (Å²) >= 11 is -2.32. The Kier molecular flexibility index (Phi) is 15.8. The average molecular weight is 525 g/mol. The number of carbonyl (C=O) groups is 1. The van der Waals surface area contributed by atoms with Crippen LogP contribution in [0.15, 0.2) is 0 Å². The van der Waals surface area contributed by atoms with E-state index in [2.05, 4.69) is 20.8 Å². The summed E-state index contributed by atoms with van der Waals surface area (Å²) in [6, 6.07) is 0. The minimum atomic E-state index is -3.36. The Morgan fingerprint density at radius 1 is 0.786 bits per heavy atom. The van der Waals surface area contributed by atoms with Crippen molar-refractivity contribution in [2.24, 2.45) is 0 Å². The molecule has 0 bridgehead atoms. The van der Waals surface area contributed by atoms with Crippen molar-refractivity contribution in [3.8, 4) is 0 Å². The number of hydrogen-bond donors (Lipinski definition) is 0. The van der Waals surface area contributed by atoms with Crippen molar-refractivity contribution in [1.29, 1.82) is 0 Å². The molecule has 0 saturated carbocycles. The van der Waals surface area contributed by atoms with Crippen LogP contribution in [-0.2, 0) is 18.4 Å². The van der Waals surface area contributed by atoms with Crippen LogP contribution in [0.5, 0.6) is 0 Å². The van der Waals surface area contributed by atoms with Crippen LogP contribution in [0.25, 0.3) is 0 Å². The van der Waals surface area contributed by atoms with Crippen LogP contribution >= 0.6 is 7.60 Å². The third kappa shape index (κ3) is 13.0. The summed E-state index contributed by atoms with van der Waals surface area (Å²) in [5, 5.41) is 0. The average Bonchev–Trinajstić information content (AvgIpc) is 2.58. The molecule has 0 aromatic carbocycles. The third-order valence-corrected chi connectivity index (χ3v) is 23.3. The van der Waals surface area contributed by atoms with Gasteiger partial charge in [0.05, 0.1) is 0 Å². The fraction of sp³-hybridized carbons (Fsp3) is 0.955. The number of hydrogen-bond acceptors (Lipinski definition) is 4. The van der Waals surface area contributed by atoms with E-state index in [9.17, 15) is 9.36 Å². The van der Waals surface area contributed by atoms with E-state index in [1.54, 1.807) is 0 Å². The monoisotopic (exact) mass is 526 g/mol. The fourth-order valence-electron chi connectivity index (χ4n) is 3.85. The molecule has 0 unspecified atom stereocenters. The van der Waals surface area contributed by atoms with Gasteiger partial charge in [-0.25, -0.2) is 0 Å². The first-order valence-electron chi connectivity index (χ1n) is 11.6. The van der Waals surface area contributed by atoms with Gasteiger partial charge in [0.15, 0.2) is 0 Å². The predicted molar refractivity (Wildman–Crippen MR) is 124 cm³/mol. The molecule has 0 spiro atoms. The molecule has 168 valence electrons. The Morgan fingerprint density at radius 2 is 1.18 bits per heavy atom. The van der Waals surface area contributed by atoms with E-state index in [1.165, 1.54) is 51.8 Å². The molecule has 0 N–H and O–H groups in total. The van der Waals surface area contributed by atoms with E-state index in [1.807, 2.05) is 27.7 Å². The van der Waals surface area contributed by atoms with Gasteiger partial charge >= 0.3 is 180 Å². The van der Waals surface area contributed by atoms with Crippen molar-refractivity contribution in [2.75, 3.05) is 6.16 Å². The summed E-state index contributed by atoms with van der Waals surface area (Å²) in [6.07, 6.45) is 7.72. The van der Waals surface area contributed by atoms with Crippen molar-refractivity contribution in [1.82, 2.24) is 0 Å². The molecule has 6 heteroatoms. The molecule has 0 rings (SSSR count). The van der Waals surface area contributed by atoms with Gasteiger partial charge in [-0.15, -0.1) is 0 Å². The van der Waals surface area contributed by atoms with Crippen LogP contribution in [-0.4, -0.2) is 42.5 Å². The maximum absolute atomic E-state index is 13.0. The van der Waals surface area contributed by atoms with E-state index >= 15 is 0 Å². The summed E-state index contributed by atoms with van der Waals surface area (Å²) in [5.41, 5.74) is 0. The van der Waals surface area contributed by atoms with E-state index < -0.39 is 26.0 Å². The predicted octanol–water partition coefficient (Wildman–Crippen LogP) is 7.84. The van der Waals surface area contributed by atoms with Gasteiger partial charge in [-0.2, -0.15) is 0 Å².